The van der Waals surface area contributed by atoms with Crippen molar-refractivity contribution in [3.63, 3.8) is 0 Å². The van der Waals surface area contributed by atoms with Gasteiger partial charge in [0.05, 0.1) is 12.0 Å². The van der Waals surface area contributed by atoms with Crippen LogP contribution in [0.2, 0.25) is 0 Å². The van der Waals surface area contributed by atoms with Crippen molar-refractivity contribution in [1.29, 1.82) is 0 Å². The SMILES string of the molecule is CCn1ncnc1-c1c(-c2ccccc2)ncn1CC1CCCN1. The predicted molar refractivity (Wildman–Crippen MR) is 93.4 cm³/mol. The fourth-order valence-corrected chi connectivity index (χ4v) is 3.39. The molecule has 0 bridgehead atoms. The molecule has 0 amide bonds. The number of hydrogen-bond acceptors (Lipinski definition) is 4. The molecule has 0 radical (unpaired) electrons. The minimum atomic E-state index is 0.500. The minimum Gasteiger partial charge on any atom is -0.326 e. The summed E-state index contributed by atoms with van der Waals surface area (Å²) in [5, 5.41) is 7.91. The molecular formula is C18H22N6. The first-order valence-electron chi connectivity index (χ1n) is 8.59. The lowest BCUT2D eigenvalue weighted by Crippen LogP contribution is -2.27. The lowest BCUT2D eigenvalue weighted by Gasteiger charge is -2.15. The fourth-order valence-electron chi connectivity index (χ4n) is 3.39. The summed E-state index contributed by atoms with van der Waals surface area (Å²) in [6.45, 7) is 4.88. The standard InChI is InChI=1S/C18H22N6/c1-2-24-18(20-12-22-24)17-16(14-7-4-3-5-8-14)21-13-23(17)11-15-9-6-10-19-15/h3-5,7-8,12-13,15,19H,2,6,9-11H2,1H3. The molecular weight excluding hydrogens is 300 g/mol. The molecule has 1 unspecified atom stereocenters. The molecule has 1 atom stereocenters. The highest BCUT2D eigenvalue weighted by atomic mass is 15.3. The quantitative estimate of drug-likeness (QED) is 0.784. The third-order valence-electron chi connectivity index (χ3n) is 4.59. The van der Waals surface area contributed by atoms with E-state index in [1.165, 1.54) is 12.8 Å². The number of benzene rings is 1. The molecule has 124 valence electrons. The maximum atomic E-state index is 4.71. The van der Waals surface area contributed by atoms with Crippen LogP contribution in [0.15, 0.2) is 43.0 Å². The molecule has 0 saturated carbocycles. The summed E-state index contributed by atoms with van der Waals surface area (Å²) in [6, 6.07) is 10.8. The van der Waals surface area contributed by atoms with E-state index in [1.807, 2.05) is 29.2 Å². The van der Waals surface area contributed by atoms with Gasteiger partial charge in [-0.05, 0) is 26.3 Å². The second-order valence-corrected chi connectivity index (χ2v) is 6.15. The van der Waals surface area contributed by atoms with Crippen LogP contribution in [0.5, 0.6) is 0 Å². The summed E-state index contributed by atoms with van der Waals surface area (Å²) in [4.78, 5) is 9.24. The van der Waals surface area contributed by atoms with Crippen molar-refractivity contribution in [2.24, 2.45) is 0 Å². The highest BCUT2D eigenvalue weighted by molar-refractivity contribution is 5.75. The molecule has 3 aromatic rings. The summed E-state index contributed by atoms with van der Waals surface area (Å²) in [5.74, 6) is 0.881. The summed E-state index contributed by atoms with van der Waals surface area (Å²) in [6.07, 6.45) is 6.01. The van der Waals surface area contributed by atoms with Gasteiger partial charge in [-0.25, -0.2) is 14.6 Å². The number of aromatic nitrogens is 5. The van der Waals surface area contributed by atoms with E-state index in [4.69, 9.17) is 4.98 Å². The highest BCUT2D eigenvalue weighted by Gasteiger charge is 2.22. The Kier molecular flexibility index (Phi) is 4.13. The third-order valence-corrected chi connectivity index (χ3v) is 4.59. The van der Waals surface area contributed by atoms with E-state index in [-0.39, 0.29) is 0 Å². The lowest BCUT2D eigenvalue weighted by atomic mass is 10.1. The van der Waals surface area contributed by atoms with Gasteiger partial charge in [-0.1, -0.05) is 30.3 Å². The smallest absolute Gasteiger partial charge is 0.177 e. The summed E-state index contributed by atoms with van der Waals surface area (Å²) in [7, 11) is 0. The molecule has 1 aliphatic rings. The predicted octanol–water partition coefficient (Wildman–Crippen LogP) is 2.58. The van der Waals surface area contributed by atoms with Crippen LogP contribution in [0.3, 0.4) is 0 Å². The average Bonchev–Trinajstić information content (AvgIpc) is 3.36. The first-order valence-corrected chi connectivity index (χ1v) is 8.59. The number of imidazole rings is 1. The van der Waals surface area contributed by atoms with Crippen molar-refractivity contribution < 1.29 is 0 Å². The summed E-state index contributed by atoms with van der Waals surface area (Å²) < 4.78 is 4.16. The van der Waals surface area contributed by atoms with Gasteiger partial charge in [0.2, 0.25) is 0 Å². The topological polar surface area (TPSA) is 60.6 Å². The van der Waals surface area contributed by atoms with E-state index in [0.717, 1.165) is 42.4 Å². The molecule has 1 N–H and O–H groups in total. The Hall–Kier alpha value is -2.47. The van der Waals surface area contributed by atoms with Crippen molar-refractivity contribution in [2.75, 3.05) is 6.54 Å². The van der Waals surface area contributed by atoms with Gasteiger partial charge in [0, 0.05) is 24.7 Å². The van der Waals surface area contributed by atoms with Gasteiger partial charge in [-0.3, -0.25) is 0 Å². The van der Waals surface area contributed by atoms with Crippen molar-refractivity contribution in [2.45, 2.75) is 38.9 Å². The van der Waals surface area contributed by atoms with Crippen LogP contribution in [-0.2, 0) is 13.1 Å². The zero-order chi connectivity index (χ0) is 16.4. The van der Waals surface area contributed by atoms with Crippen molar-refractivity contribution in [3.05, 3.63) is 43.0 Å². The normalized spacial score (nSPS) is 17.5. The molecule has 1 fully saturated rings. The minimum absolute atomic E-state index is 0.500. The van der Waals surface area contributed by atoms with E-state index in [0.29, 0.717) is 6.04 Å². The Morgan fingerprint density at radius 2 is 2.08 bits per heavy atom. The van der Waals surface area contributed by atoms with Crippen LogP contribution < -0.4 is 5.32 Å². The number of aryl methyl sites for hydroxylation is 1. The van der Waals surface area contributed by atoms with Gasteiger partial charge < -0.3 is 9.88 Å². The van der Waals surface area contributed by atoms with Gasteiger partial charge in [0.15, 0.2) is 5.82 Å². The maximum absolute atomic E-state index is 4.71. The van der Waals surface area contributed by atoms with E-state index >= 15 is 0 Å². The number of nitrogens with zero attached hydrogens (tertiary/aromatic N) is 5. The molecule has 1 saturated heterocycles. The Bertz CT molecular complexity index is 798. The Balaban J connectivity index is 1.81. The largest absolute Gasteiger partial charge is 0.326 e. The number of hydrogen-bond donors (Lipinski definition) is 1. The van der Waals surface area contributed by atoms with Crippen LogP contribution in [-0.4, -0.2) is 36.9 Å². The zero-order valence-corrected chi connectivity index (χ0v) is 13.9. The first-order chi connectivity index (χ1) is 11.9. The average molecular weight is 322 g/mol. The molecule has 6 nitrogen and oxygen atoms in total. The molecule has 2 aromatic heterocycles. The molecule has 1 aromatic carbocycles. The highest BCUT2D eigenvalue weighted by Crippen LogP contribution is 2.30. The zero-order valence-electron chi connectivity index (χ0n) is 13.9. The third kappa shape index (κ3) is 2.73. The van der Waals surface area contributed by atoms with E-state index in [1.54, 1.807) is 6.33 Å². The van der Waals surface area contributed by atoms with Gasteiger partial charge in [-0.15, -0.1) is 0 Å². The Labute approximate surface area is 141 Å². The van der Waals surface area contributed by atoms with Gasteiger partial charge in [0.1, 0.15) is 12.0 Å². The second kappa shape index (κ2) is 6.57. The van der Waals surface area contributed by atoms with Gasteiger partial charge in [-0.2, -0.15) is 5.10 Å². The number of nitrogens with one attached hydrogen (secondary N) is 1. The van der Waals surface area contributed by atoms with Crippen molar-refractivity contribution in [3.8, 4) is 22.8 Å². The lowest BCUT2D eigenvalue weighted by molar-refractivity contribution is 0.509. The molecule has 6 heteroatoms. The van der Waals surface area contributed by atoms with Crippen LogP contribution in [0.25, 0.3) is 22.8 Å². The van der Waals surface area contributed by atoms with Crippen LogP contribution in [0, 0.1) is 0 Å². The van der Waals surface area contributed by atoms with Crippen LogP contribution in [0.4, 0.5) is 0 Å². The van der Waals surface area contributed by atoms with E-state index < -0.39 is 0 Å². The fraction of sp³-hybridized carbons (Fsp3) is 0.389. The number of rotatable bonds is 5. The first kappa shape index (κ1) is 15.1. The van der Waals surface area contributed by atoms with Crippen LogP contribution >= 0.6 is 0 Å². The molecule has 0 spiro atoms. The molecule has 24 heavy (non-hydrogen) atoms. The molecule has 4 rings (SSSR count). The van der Waals surface area contributed by atoms with E-state index in [9.17, 15) is 0 Å². The molecule has 0 aliphatic carbocycles. The summed E-state index contributed by atoms with van der Waals surface area (Å²) in [5.41, 5.74) is 3.13. The molecule has 3 heterocycles. The van der Waals surface area contributed by atoms with Gasteiger partial charge >= 0.3 is 0 Å². The summed E-state index contributed by atoms with van der Waals surface area (Å²) >= 11 is 0. The Morgan fingerprint density at radius 1 is 1.21 bits per heavy atom. The van der Waals surface area contributed by atoms with Crippen LogP contribution in [0.1, 0.15) is 19.8 Å². The van der Waals surface area contributed by atoms with Crippen molar-refractivity contribution >= 4 is 0 Å². The maximum Gasteiger partial charge on any atom is 0.177 e. The monoisotopic (exact) mass is 322 g/mol. The van der Waals surface area contributed by atoms with E-state index in [2.05, 4.69) is 39.0 Å². The second-order valence-electron chi connectivity index (χ2n) is 6.15. The Morgan fingerprint density at radius 3 is 2.83 bits per heavy atom. The van der Waals surface area contributed by atoms with Crippen molar-refractivity contribution in [1.82, 2.24) is 29.6 Å². The molecule has 1 aliphatic heterocycles. The van der Waals surface area contributed by atoms with Gasteiger partial charge in [0.25, 0.3) is 0 Å².